The van der Waals surface area contributed by atoms with E-state index in [0.717, 1.165) is 12.8 Å². The van der Waals surface area contributed by atoms with E-state index in [4.69, 9.17) is 0 Å². The average molecular weight is 161 g/mol. The van der Waals surface area contributed by atoms with Crippen LogP contribution in [-0.4, -0.2) is 30.3 Å². The lowest BCUT2D eigenvalue weighted by molar-refractivity contribution is -0.868. The van der Waals surface area contributed by atoms with Crippen LogP contribution in [0, 0.1) is 5.21 Å². The predicted octanol–water partition coefficient (Wildman–Crippen LogP) is 1.07. The van der Waals surface area contributed by atoms with E-state index >= 15 is 0 Å². The molecule has 0 aromatic heterocycles. The number of hydrogen-bond donors (Lipinski definition) is 0. The lowest BCUT2D eigenvalue weighted by atomic mass is 9.94. The second-order valence-corrected chi connectivity index (χ2v) is 3.73. The lowest BCUT2D eigenvalue weighted by Crippen LogP contribution is -2.44. The first-order valence-corrected chi connectivity index (χ1v) is 4.15. The predicted molar refractivity (Wildman–Crippen MR) is 46.0 cm³/mol. The average Bonchev–Trinajstić information content (AvgIpc) is 1.88. The molecule has 2 N–H and O–H groups in total. The lowest BCUT2D eigenvalue weighted by Gasteiger charge is -2.43. The largest absolute Gasteiger partial charge is 0.633 e. The summed E-state index contributed by atoms with van der Waals surface area (Å²) in [5.74, 6) is 0. The van der Waals surface area contributed by atoms with Crippen LogP contribution in [-0.2, 0) is 0 Å². The van der Waals surface area contributed by atoms with Gasteiger partial charge < -0.3 is 15.3 Å². The Kier molecular flexibility index (Phi) is 4.00. The van der Waals surface area contributed by atoms with Crippen molar-refractivity contribution in [3.05, 3.63) is 5.21 Å². The summed E-state index contributed by atoms with van der Waals surface area (Å²) in [6.45, 7) is 0. The van der Waals surface area contributed by atoms with Crippen LogP contribution in [0.4, 0.5) is 0 Å². The second-order valence-electron chi connectivity index (χ2n) is 3.73. The Balaban J connectivity index is 0.000001000. The van der Waals surface area contributed by atoms with Gasteiger partial charge in [-0.05, 0) is 25.7 Å². The molecule has 68 valence electrons. The quantitative estimate of drug-likeness (QED) is 0.419. The van der Waals surface area contributed by atoms with Crippen LogP contribution in [0.2, 0.25) is 0 Å². The fourth-order valence-corrected chi connectivity index (χ4v) is 1.70. The van der Waals surface area contributed by atoms with Gasteiger partial charge in [-0.2, -0.15) is 0 Å². The molecule has 0 saturated heterocycles. The molecular weight excluding hydrogens is 142 g/mol. The maximum absolute atomic E-state index is 11.4. The molecule has 0 aliphatic heterocycles. The van der Waals surface area contributed by atoms with E-state index in [1.54, 1.807) is 14.1 Å². The highest BCUT2D eigenvalue weighted by molar-refractivity contribution is 4.65. The number of quaternary nitrogens is 1. The molecule has 1 aliphatic carbocycles. The first kappa shape index (κ1) is 10.9. The van der Waals surface area contributed by atoms with E-state index in [-0.39, 0.29) is 10.1 Å². The number of rotatable bonds is 1. The summed E-state index contributed by atoms with van der Waals surface area (Å²) in [6, 6.07) is 0.383. The molecule has 3 heteroatoms. The molecule has 1 fully saturated rings. The summed E-state index contributed by atoms with van der Waals surface area (Å²) in [6.07, 6.45) is 6.12. The third kappa shape index (κ3) is 3.18. The van der Waals surface area contributed by atoms with Gasteiger partial charge in [0, 0.05) is 0 Å². The van der Waals surface area contributed by atoms with Crippen molar-refractivity contribution in [1.29, 1.82) is 0 Å². The first-order chi connectivity index (χ1) is 4.61. The fraction of sp³-hybridized carbons (Fsp3) is 1.00. The van der Waals surface area contributed by atoms with Crippen molar-refractivity contribution < 1.29 is 10.1 Å². The van der Waals surface area contributed by atoms with E-state index in [0.29, 0.717) is 6.04 Å². The normalized spacial score (nSPS) is 21.0. The van der Waals surface area contributed by atoms with Gasteiger partial charge in [-0.1, -0.05) is 6.42 Å². The highest BCUT2D eigenvalue weighted by Crippen LogP contribution is 2.24. The van der Waals surface area contributed by atoms with Crippen molar-refractivity contribution in [2.75, 3.05) is 14.1 Å². The molecule has 0 radical (unpaired) electrons. The van der Waals surface area contributed by atoms with Gasteiger partial charge in [0.15, 0.2) is 0 Å². The van der Waals surface area contributed by atoms with Gasteiger partial charge in [-0.3, -0.25) is 0 Å². The Bertz CT molecular complexity index is 103. The van der Waals surface area contributed by atoms with E-state index < -0.39 is 0 Å². The Labute approximate surface area is 68.5 Å². The Morgan fingerprint density at radius 2 is 1.55 bits per heavy atom. The van der Waals surface area contributed by atoms with E-state index in [1.165, 1.54) is 19.3 Å². The van der Waals surface area contributed by atoms with Crippen LogP contribution in [0.1, 0.15) is 32.1 Å². The standard InChI is InChI=1S/C8H17NO.H2O/c1-9(2,10)8-6-4-3-5-7-8;/h8H,3-7H2,1-2H3;1H2. The number of hydrogen-bond acceptors (Lipinski definition) is 1. The van der Waals surface area contributed by atoms with Crippen LogP contribution in [0.25, 0.3) is 0 Å². The summed E-state index contributed by atoms with van der Waals surface area (Å²) >= 11 is 0. The van der Waals surface area contributed by atoms with Crippen LogP contribution in [0.15, 0.2) is 0 Å². The second kappa shape index (κ2) is 4.04. The topological polar surface area (TPSA) is 54.6 Å². The molecule has 0 aromatic rings. The maximum atomic E-state index is 11.4. The van der Waals surface area contributed by atoms with Gasteiger partial charge >= 0.3 is 0 Å². The van der Waals surface area contributed by atoms with E-state index in [1.807, 2.05) is 0 Å². The highest BCUT2D eigenvalue weighted by Gasteiger charge is 2.22. The van der Waals surface area contributed by atoms with Gasteiger partial charge in [0.2, 0.25) is 0 Å². The van der Waals surface area contributed by atoms with Crippen molar-refractivity contribution in [2.24, 2.45) is 0 Å². The van der Waals surface area contributed by atoms with Gasteiger partial charge in [0.1, 0.15) is 0 Å². The molecule has 0 atom stereocenters. The zero-order valence-electron chi connectivity index (χ0n) is 7.47. The highest BCUT2D eigenvalue weighted by atomic mass is 16.5. The van der Waals surface area contributed by atoms with Crippen molar-refractivity contribution in [3.8, 4) is 0 Å². The fourth-order valence-electron chi connectivity index (χ4n) is 1.70. The summed E-state index contributed by atoms with van der Waals surface area (Å²) in [5.41, 5.74) is 0. The molecule has 3 nitrogen and oxygen atoms in total. The number of hydroxylamine groups is 3. The van der Waals surface area contributed by atoms with Gasteiger partial charge in [-0.15, -0.1) is 0 Å². The summed E-state index contributed by atoms with van der Waals surface area (Å²) in [7, 11) is 3.52. The minimum absolute atomic E-state index is 0. The molecule has 0 amide bonds. The molecule has 0 unspecified atom stereocenters. The van der Waals surface area contributed by atoms with E-state index in [9.17, 15) is 5.21 Å². The van der Waals surface area contributed by atoms with E-state index in [2.05, 4.69) is 0 Å². The van der Waals surface area contributed by atoms with Crippen molar-refractivity contribution >= 4 is 0 Å². The maximum Gasteiger partial charge on any atom is 0.0883 e. The Morgan fingerprint density at radius 3 is 1.82 bits per heavy atom. The van der Waals surface area contributed by atoms with Crippen LogP contribution >= 0.6 is 0 Å². The Hall–Kier alpha value is -0.120. The summed E-state index contributed by atoms with van der Waals surface area (Å²) in [5, 5.41) is 11.4. The molecule has 11 heavy (non-hydrogen) atoms. The summed E-state index contributed by atoms with van der Waals surface area (Å²) in [4.78, 5) is 0. The van der Waals surface area contributed by atoms with Crippen LogP contribution in [0.5, 0.6) is 0 Å². The van der Waals surface area contributed by atoms with Gasteiger partial charge in [0.25, 0.3) is 0 Å². The van der Waals surface area contributed by atoms with Crippen molar-refractivity contribution in [3.63, 3.8) is 0 Å². The number of nitrogens with zero attached hydrogens (tertiary/aromatic N) is 1. The molecule has 1 rings (SSSR count). The zero-order chi connectivity index (χ0) is 7.61. The minimum atomic E-state index is -0.0833. The van der Waals surface area contributed by atoms with Crippen LogP contribution < -0.4 is 0 Å². The summed E-state index contributed by atoms with van der Waals surface area (Å²) < 4.78 is -0.0833. The molecule has 0 heterocycles. The molecule has 0 bridgehead atoms. The minimum Gasteiger partial charge on any atom is -0.633 e. The van der Waals surface area contributed by atoms with Crippen molar-refractivity contribution in [1.82, 2.24) is 0 Å². The first-order valence-electron chi connectivity index (χ1n) is 4.15. The zero-order valence-corrected chi connectivity index (χ0v) is 7.47. The molecular formula is C8H19NO2. The molecule has 1 aliphatic rings. The van der Waals surface area contributed by atoms with Crippen molar-refractivity contribution in [2.45, 2.75) is 38.1 Å². The monoisotopic (exact) mass is 161 g/mol. The third-order valence-corrected chi connectivity index (χ3v) is 2.45. The SMILES string of the molecule is C[N+](C)([O-])C1CCCCC1.O. The third-order valence-electron chi connectivity index (χ3n) is 2.45. The van der Waals surface area contributed by atoms with Gasteiger partial charge in [0.05, 0.1) is 20.1 Å². The Morgan fingerprint density at radius 1 is 1.09 bits per heavy atom. The molecule has 0 spiro atoms. The smallest absolute Gasteiger partial charge is 0.0883 e. The van der Waals surface area contributed by atoms with Gasteiger partial charge in [-0.25, -0.2) is 0 Å². The molecule has 0 aromatic carbocycles. The molecule has 1 saturated carbocycles. The van der Waals surface area contributed by atoms with Crippen LogP contribution in [0.3, 0.4) is 0 Å².